The summed E-state index contributed by atoms with van der Waals surface area (Å²) >= 11 is 0. The van der Waals surface area contributed by atoms with Crippen molar-refractivity contribution in [1.29, 1.82) is 0 Å². The van der Waals surface area contributed by atoms with E-state index in [1.165, 1.54) is 6.08 Å². The number of rotatable bonds is 5. The van der Waals surface area contributed by atoms with Gasteiger partial charge in [0.15, 0.2) is 9.84 Å². The molecule has 0 aliphatic heterocycles. The zero-order chi connectivity index (χ0) is 15.2. The van der Waals surface area contributed by atoms with Crippen LogP contribution in [0.25, 0.3) is 6.08 Å². The van der Waals surface area contributed by atoms with Gasteiger partial charge >= 0.3 is 0 Å². The van der Waals surface area contributed by atoms with E-state index in [0.29, 0.717) is 0 Å². The highest BCUT2D eigenvalue weighted by Crippen LogP contribution is 2.15. The van der Waals surface area contributed by atoms with Gasteiger partial charge in [0, 0.05) is 25.0 Å². The van der Waals surface area contributed by atoms with E-state index in [1.807, 2.05) is 6.07 Å². The molecular formula is C14H20N2O3S. The first-order valence-electron chi connectivity index (χ1n) is 6.30. The SMILES string of the molecule is CC(C)(C)S(=O)(=O)CCNC(=O)/C=C/c1cccnc1. The number of pyridine rings is 1. The van der Waals surface area contributed by atoms with E-state index in [9.17, 15) is 13.2 Å². The lowest BCUT2D eigenvalue weighted by molar-refractivity contribution is -0.116. The molecule has 0 radical (unpaired) electrons. The maximum absolute atomic E-state index is 11.8. The fourth-order valence-electron chi connectivity index (χ4n) is 1.32. The lowest BCUT2D eigenvalue weighted by atomic mass is 10.2. The number of hydrogen-bond donors (Lipinski definition) is 1. The molecule has 0 saturated carbocycles. The van der Waals surface area contributed by atoms with Crippen LogP contribution in [0, 0.1) is 0 Å². The maximum Gasteiger partial charge on any atom is 0.244 e. The number of nitrogens with one attached hydrogen (secondary N) is 1. The third kappa shape index (κ3) is 5.13. The van der Waals surface area contributed by atoms with Crippen LogP contribution in [-0.2, 0) is 14.6 Å². The second kappa shape index (κ2) is 6.65. The molecule has 0 fully saturated rings. The minimum absolute atomic E-state index is 0.0665. The van der Waals surface area contributed by atoms with Crippen molar-refractivity contribution in [2.24, 2.45) is 0 Å². The number of aromatic nitrogens is 1. The topological polar surface area (TPSA) is 76.1 Å². The van der Waals surface area contributed by atoms with E-state index in [0.717, 1.165) is 5.56 Å². The zero-order valence-electron chi connectivity index (χ0n) is 12.0. The molecule has 5 nitrogen and oxygen atoms in total. The molecule has 1 aromatic heterocycles. The van der Waals surface area contributed by atoms with Gasteiger partial charge in [-0.05, 0) is 38.5 Å². The first kappa shape index (κ1) is 16.4. The lowest BCUT2D eigenvalue weighted by Gasteiger charge is -2.18. The summed E-state index contributed by atoms with van der Waals surface area (Å²) in [6.45, 7) is 5.04. The van der Waals surface area contributed by atoms with Crippen molar-refractivity contribution in [2.75, 3.05) is 12.3 Å². The molecule has 0 aromatic carbocycles. The Kier molecular flexibility index (Phi) is 5.44. The highest BCUT2D eigenvalue weighted by atomic mass is 32.2. The minimum Gasteiger partial charge on any atom is -0.352 e. The van der Waals surface area contributed by atoms with Crippen molar-refractivity contribution in [3.8, 4) is 0 Å². The van der Waals surface area contributed by atoms with Gasteiger partial charge in [-0.3, -0.25) is 9.78 Å². The Labute approximate surface area is 120 Å². The normalized spacial score (nSPS) is 12.6. The van der Waals surface area contributed by atoms with Crippen molar-refractivity contribution in [3.63, 3.8) is 0 Å². The third-order valence-corrected chi connectivity index (χ3v) is 5.32. The molecule has 1 aromatic rings. The maximum atomic E-state index is 11.8. The third-order valence-electron chi connectivity index (χ3n) is 2.71. The molecule has 0 aliphatic rings. The molecule has 0 bridgehead atoms. The zero-order valence-corrected chi connectivity index (χ0v) is 12.8. The summed E-state index contributed by atoms with van der Waals surface area (Å²) < 4.78 is 22.9. The molecule has 20 heavy (non-hydrogen) atoms. The average Bonchev–Trinajstić information content (AvgIpc) is 2.36. The van der Waals surface area contributed by atoms with Gasteiger partial charge in [0.2, 0.25) is 5.91 Å². The van der Waals surface area contributed by atoms with Gasteiger partial charge in [-0.15, -0.1) is 0 Å². The Morgan fingerprint density at radius 2 is 2.10 bits per heavy atom. The van der Waals surface area contributed by atoms with E-state index < -0.39 is 14.6 Å². The summed E-state index contributed by atoms with van der Waals surface area (Å²) in [6.07, 6.45) is 6.27. The van der Waals surface area contributed by atoms with Crippen LogP contribution in [0.3, 0.4) is 0 Å². The highest BCUT2D eigenvalue weighted by Gasteiger charge is 2.28. The lowest BCUT2D eigenvalue weighted by Crippen LogP contribution is -2.36. The first-order valence-corrected chi connectivity index (χ1v) is 7.96. The Balaban J connectivity index is 2.44. The molecule has 0 spiro atoms. The number of nitrogens with zero attached hydrogens (tertiary/aromatic N) is 1. The van der Waals surface area contributed by atoms with Crippen LogP contribution in [0.1, 0.15) is 26.3 Å². The number of sulfone groups is 1. The van der Waals surface area contributed by atoms with Gasteiger partial charge < -0.3 is 5.32 Å². The quantitative estimate of drug-likeness (QED) is 0.834. The summed E-state index contributed by atoms with van der Waals surface area (Å²) in [5, 5.41) is 2.56. The van der Waals surface area contributed by atoms with E-state index in [1.54, 1.807) is 45.3 Å². The molecule has 0 atom stereocenters. The predicted octanol–water partition coefficient (Wildman–Crippen LogP) is 1.42. The fraction of sp³-hybridized carbons (Fsp3) is 0.429. The van der Waals surface area contributed by atoms with E-state index in [2.05, 4.69) is 10.3 Å². The molecule has 1 N–H and O–H groups in total. The van der Waals surface area contributed by atoms with Gasteiger partial charge in [-0.2, -0.15) is 0 Å². The van der Waals surface area contributed by atoms with Crippen LogP contribution >= 0.6 is 0 Å². The molecule has 1 heterocycles. The van der Waals surface area contributed by atoms with Crippen LogP contribution in [0.5, 0.6) is 0 Å². The summed E-state index contributed by atoms with van der Waals surface area (Å²) in [7, 11) is -3.21. The second-order valence-corrected chi connectivity index (χ2v) is 8.20. The van der Waals surface area contributed by atoms with Crippen LogP contribution in [0.4, 0.5) is 0 Å². The van der Waals surface area contributed by atoms with Gasteiger partial charge in [-0.1, -0.05) is 6.07 Å². The second-order valence-electron chi connectivity index (χ2n) is 5.34. The molecule has 0 saturated heterocycles. The summed E-state index contributed by atoms with van der Waals surface area (Å²) in [4.78, 5) is 15.5. The van der Waals surface area contributed by atoms with Gasteiger partial charge in [0.25, 0.3) is 0 Å². The summed E-state index contributed by atoms with van der Waals surface area (Å²) in [6, 6.07) is 3.59. The largest absolute Gasteiger partial charge is 0.352 e. The Hall–Kier alpha value is -1.69. The number of hydrogen-bond acceptors (Lipinski definition) is 4. The highest BCUT2D eigenvalue weighted by molar-refractivity contribution is 7.92. The van der Waals surface area contributed by atoms with Crippen molar-refractivity contribution < 1.29 is 13.2 Å². The van der Waals surface area contributed by atoms with E-state index >= 15 is 0 Å². The number of carbonyl (C=O) groups excluding carboxylic acids is 1. The summed E-state index contributed by atoms with van der Waals surface area (Å²) in [5.74, 6) is -0.388. The molecule has 110 valence electrons. The summed E-state index contributed by atoms with van der Waals surface area (Å²) in [5.41, 5.74) is 0.810. The minimum atomic E-state index is -3.21. The molecule has 6 heteroatoms. The van der Waals surface area contributed by atoms with Crippen LogP contribution in [0.15, 0.2) is 30.6 Å². The van der Waals surface area contributed by atoms with Crippen molar-refractivity contribution in [2.45, 2.75) is 25.5 Å². The molecule has 1 amide bonds. The van der Waals surface area contributed by atoms with Gasteiger partial charge in [0.1, 0.15) is 0 Å². The Bertz CT molecular complexity index is 572. The van der Waals surface area contributed by atoms with Crippen molar-refractivity contribution in [1.82, 2.24) is 10.3 Å². The van der Waals surface area contributed by atoms with Crippen molar-refractivity contribution in [3.05, 3.63) is 36.2 Å². The van der Waals surface area contributed by atoms with Gasteiger partial charge in [-0.25, -0.2) is 8.42 Å². The van der Waals surface area contributed by atoms with E-state index in [4.69, 9.17) is 0 Å². The molecule has 0 aliphatic carbocycles. The van der Waals surface area contributed by atoms with Crippen molar-refractivity contribution >= 4 is 21.8 Å². The smallest absolute Gasteiger partial charge is 0.244 e. The van der Waals surface area contributed by atoms with Crippen LogP contribution < -0.4 is 5.32 Å². The van der Waals surface area contributed by atoms with Gasteiger partial charge in [0.05, 0.1) is 10.5 Å². The van der Waals surface area contributed by atoms with E-state index in [-0.39, 0.29) is 18.2 Å². The number of carbonyl (C=O) groups is 1. The molecule has 0 unspecified atom stereocenters. The predicted molar refractivity (Wildman–Crippen MR) is 79.8 cm³/mol. The Morgan fingerprint density at radius 1 is 1.40 bits per heavy atom. The standard InChI is InChI=1S/C14H20N2O3S/c1-14(2,3)20(18,19)10-9-16-13(17)7-6-12-5-4-8-15-11-12/h4-8,11H,9-10H2,1-3H3,(H,16,17)/b7-6+. The van der Waals surface area contributed by atoms with Crippen LogP contribution in [-0.4, -0.2) is 36.4 Å². The Morgan fingerprint density at radius 3 is 2.65 bits per heavy atom. The monoisotopic (exact) mass is 296 g/mol. The molecule has 1 rings (SSSR count). The number of amides is 1. The molecular weight excluding hydrogens is 276 g/mol. The first-order chi connectivity index (χ1) is 9.22. The average molecular weight is 296 g/mol. The fourth-order valence-corrected chi connectivity index (χ4v) is 2.30. The van der Waals surface area contributed by atoms with Crippen LogP contribution in [0.2, 0.25) is 0 Å².